The van der Waals surface area contributed by atoms with Crippen molar-refractivity contribution in [2.75, 3.05) is 26.2 Å². The summed E-state index contributed by atoms with van der Waals surface area (Å²) in [7, 11) is 0. The van der Waals surface area contributed by atoms with Gasteiger partial charge in [0, 0.05) is 57.3 Å². The Hall–Kier alpha value is -2.53. The lowest BCUT2D eigenvalue weighted by Gasteiger charge is -2.34. The Morgan fingerprint density at radius 2 is 1.75 bits per heavy atom. The maximum absolute atomic E-state index is 12.5. The molecule has 4 rings (SSSR count). The largest absolute Gasteiger partial charge is 0.340 e. The van der Waals surface area contributed by atoms with Crippen molar-refractivity contribution < 1.29 is 9.59 Å². The second kappa shape index (κ2) is 8.65. The van der Waals surface area contributed by atoms with Gasteiger partial charge in [-0.3, -0.25) is 19.5 Å². The standard InChI is InChI=1S/C23H27N3O2/c27-22(20-8-7-18-4-3-5-19(18)16-20)9-10-23(28)26-14-12-25(13-15-26)17-21-6-1-2-11-24-21/h1-2,6-8,11,16H,3-5,9-10,12-15,17H2. The van der Waals surface area contributed by atoms with Crippen molar-refractivity contribution in [3.8, 4) is 0 Å². The van der Waals surface area contributed by atoms with Crippen molar-refractivity contribution in [2.45, 2.75) is 38.6 Å². The normalized spacial score (nSPS) is 16.8. The zero-order chi connectivity index (χ0) is 19.3. The summed E-state index contributed by atoms with van der Waals surface area (Å²) in [5, 5.41) is 0. The van der Waals surface area contributed by atoms with Crippen LogP contribution in [0.15, 0.2) is 42.6 Å². The van der Waals surface area contributed by atoms with Crippen LogP contribution in [0.25, 0.3) is 0 Å². The minimum Gasteiger partial charge on any atom is -0.340 e. The van der Waals surface area contributed by atoms with E-state index in [0.29, 0.717) is 12.8 Å². The van der Waals surface area contributed by atoms with Gasteiger partial charge < -0.3 is 4.90 Å². The number of fused-ring (bicyclic) bond motifs is 1. The van der Waals surface area contributed by atoms with Gasteiger partial charge in [-0.05, 0) is 48.6 Å². The van der Waals surface area contributed by atoms with E-state index in [0.717, 1.165) is 56.8 Å². The summed E-state index contributed by atoms with van der Waals surface area (Å²) in [5.41, 5.74) is 4.49. The Bertz CT molecular complexity index is 842. The van der Waals surface area contributed by atoms with Gasteiger partial charge in [-0.2, -0.15) is 0 Å². The molecule has 1 fully saturated rings. The number of hydrogen-bond donors (Lipinski definition) is 0. The fourth-order valence-electron chi connectivity index (χ4n) is 4.14. The molecule has 0 bridgehead atoms. The first kappa shape index (κ1) is 18.8. The van der Waals surface area contributed by atoms with Gasteiger partial charge in [-0.25, -0.2) is 0 Å². The quantitative estimate of drug-likeness (QED) is 0.727. The predicted octanol–water partition coefficient (Wildman–Crippen LogP) is 2.88. The third kappa shape index (κ3) is 4.47. The Morgan fingerprint density at radius 1 is 0.929 bits per heavy atom. The summed E-state index contributed by atoms with van der Waals surface area (Å²) >= 11 is 0. The van der Waals surface area contributed by atoms with E-state index in [4.69, 9.17) is 0 Å². The number of nitrogens with zero attached hydrogens (tertiary/aromatic N) is 3. The topological polar surface area (TPSA) is 53.5 Å². The van der Waals surface area contributed by atoms with Crippen LogP contribution in [0.1, 0.15) is 46.4 Å². The number of piperazine rings is 1. The third-order valence-corrected chi connectivity index (χ3v) is 5.82. The van der Waals surface area contributed by atoms with E-state index in [1.807, 2.05) is 41.4 Å². The molecule has 0 unspecified atom stereocenters. The molecule has 1 aliphatic heterocycles. The number of carbonyl (C=O) groups excluding carboxylic acids is 2. The summed E-state index contributed by atoms with van der Waals surface area (Å²) in [6.07, 6.45) is 5.78. The maximum atomic E-state index is 12.5. The zero-order valence-corrected chi connectivity index (χ0v) is 16.3. The molecule has 28 heavy (non-hydrogen) atoms. The van der Waals surface area contributed by atoms with E-state index in [2.05, 4.69) is 16.0 Å². The fourth-order valence-corrected chi connectivity index (χ4v) is 4.14. The molecule has 2 aromatic rings. The Kier molecular flexibility index (Phi) is 5.81. The molecule has 0 atom stereocenters. The molecule has 1 aliphatic carbocycles. The second-order valence-corrected chi connectivity index (χ2v) is 7.74. The monoisotopic (exact) mass is 377 g/mol. The SMILES string of the molecule is O=C(CCC(=O)N1CCN(Cc2ccccn2)CC1)c1ccc2c(c1)CCC2. The number of benzene rings is 1. The van der Waals surface area contributed by atoms with Crippen LogP contribution in [0.2, 0.25) is 0 Å². The van der Waals surface area contributed by atoms with Gasteiger partial charge in [0.25, 0.3) is 0 Å². The molecule has 0 saturated carbocycles. The lowest BCUT2D eigenvalue weighted by Crippen LogP contribution is -2.48. The fraction of sp³-hybridized carbons (Fsp3) is 0.435. The van der Waals surface area contributed by atoms with Gasteiger partial charge in [-0.15, -0.1) is 0 Å². The van der Waals surface area contributed by atoms with Crippen molar-refractivity contribution in [2.24, 2.45) is 0 Å². The minimum atomic E-state index is 0.0804. The molecule has 0 N–H and O–H groups in total. The van der Waals surface area contributed by atoms with Crippen LogP contribution in [-0.4, -0.2) is 52.7 Å². The van der Waals surface area contributed by atoms with Gasteiger partial charge >= 0.3 is 0 Å². The van der Waals surface area contributed by atoms with Gasteiger partial charge in [0.1, 0.15) is 0 Å². The molecule has 5 heteroatoms. The van der Waals surface area contributed by atoms with Crippen molar-refractivity contribution in [1.82, 2.24) is 14.8 Å². The molecule has 5 nitrogen and oxygen atoms in total. The predicted molar refractivity (Wildman–Crippen MR) is 108 cm³/mol. The highest BCUT2D eigenvalue weighted by Gasteiger charge is 2.22. The molecular formula is C23H27N3O2. The van der Waals surface area contributed by atoms with Crippen molar-refractivity contribution in [3.05, 3.63) is 65.0 Å². The Morgan fingerprint density at radius 3 is 2.54 bits per heavy atom. The highest BCUT2D eigenvalue weighted by molar-refractivity contribution is 5.98. The summed E-state index contributed by atoms with van der Waals surface area (Å²) < 4.78 is 0. The van der Waals surface area contributed by atoms with Crippen LogP contribution < -0.4 is 0 Å². The van der Waals surface area contributed by atoms with Crippen molar-refractivity contribution in [1.29, 1.82) is 0 Å². The molecular weight excluding hydrogens is 350 g/mol. The lowest BCUT2D eigenvalue weighted by atomic mass is 10.0. The number of pyridine rings is 1. The van der Waals surface area contributed by atoms with Gasteiger partial charge in [-0.1, -0.05) is 18.2 Å². The molecule has 1 amide bonds. The summed E-state index contributed by atoms with van der Waals surface area (Å²) in [6.45, 7) is 3.96. The number of carbonyl (C=O) groups is 2. The average molecular weight is 377 g/mol. The number of Topliss-reactive ketones (excluding diaryl/α,β-unsaturated/α-hetero) is 1. The zero-order valence-electron chi connectivity index (χ0n) is 16.3. The van der Waals surface area contributed by atoms with E-state index in [-0.39, 0.29) is 11.7 Å². The van der Waals surface area contributed by atoms with Gasteiger partial charge in [0.05, 0.1) is 5.69 Å². The first-order valence-electron chi connectivity index (χ1n) is 10.2. The number of amides is 1. The molecule has 146 valence electrons. The molecule has 1 saturated heterocycles. The molecule has 2 heterocycles. The molecule has 0 radical (unpaired) electrons. The van der Waals surface area contributed by atoms with Crippen LogP contribution in [0, 0.1) is 0 Å². The molecule has 1 aromatic heterocycles. The summed E-state index contributed by atoms with van der Waals surface area (Å²) in [5.74, 6) is 0.170. The number of ketones is 1. The van der Waals surface area contributed by atoms with Gasteiger partial charge in [0.15, 0.2) is 5.78 Å². The number of aromatic nitrogens is 1. The number of aryl methyl sites for hydroxylation is 2. The van der Waals surface area contributed by atoms with Crippen molar-refractivity contribution >= 4 is 11.7 Å². The van der Waals surface area contributed by atoms with Crippen LogP contribution in [0.5, 0.6) is 0 Å². The maximum Gasteiger partial charge on any atom is 0.223 e. The summed E-state index contributed by atoms with van der Waals surface area (Å²) in [4.78, 5) is 33.6. The summed E-state index contributed by atoms with van der Waals surface area (Å²) in [6, 6.07) is 12.0. The second-order valence-electron chi connectivity index (χ2n) is 7.74. The Labute approximate surface area is 166 Å². The first-order valence-corrected chi connectivity index (χ1v) is 10.2. The number of hydrogen-bond acceptors (Lipinski definition) is 4. The van der Waals surface area contributed by atoms with E-state index < -0.39 is 0 Å². The minimum absolute atomic E-state index is 0.0804. The highest BCUT2D eigenvalue weighted by atomic mass is 16.2. The van der Waals surface area contributed by atoms with E-state index >= 15 is 0 Å². The molecule has 2 aliphatic rings. The van der Waals surface area contributed by atoms with Crippen LogP contribution >= 0.6 is 0 Å². The van der Waals surface area contributed by atoms with E-state index in [9.17, 15) is 9.59 Å². The lowest BCUT2D eigenvalue weighted by molar-refractivity contribution is -0.133. The van der Waals surface area contributed by atoms with Crippen molar-refractivity contribution in [3.63, 3.8) is 0 Å². The number of rotatable bonds is 6. The first-order chi connectivity index (χ1) is 13.7. The van der Waals surface area contributed by atoms with Crippen LogP contribution in [-0.2, 0) is 24.2 Å². The molecule has 1 aromatic carbocycles. The molecule has 0 spiro atoms. The third-order valence-electron chi connectivity index (χ3n) is 5.82. The van der Waals surface area contributed by atoms with Crippen LogP contribution in [0.3, 0.4) is 0 Å². The average Bonchev–Trinajstić information content (AvgIpc) is 3.21. The van der Waals surface area contributed by atoms with Gasteiger partial charge in [0.2, 0.25) is 5.91 Å². The van der Waals surface area contributed by atoms with E-state index in [1.165, 1.54) is 17.5 Å². The smallest absolute Gasteiger partial charge is 0.223 e. The van der Waals surface area contributed by atoms with E-state index in [1.54, 1.807) is 0 Å². The highest BCUT2D eigenvalue weighted by Crippen LogP contribution is 2.23. The Balaban J connectivity index is 1.23. The van der Waals surface area contributed by atoms with Crippen LogP contribution in [0.4, 0.5) is 0 Å².